The Morgan fingerprint density at radius 3 is 3.00 bits per heavy atom. The molecule has 2 fully saturated rings. The predicted octanol–water partition coefficient (Wildman–Crippen LogP) is 0.979. The first-order chi connectivity index (χ1) is 6.92. The number of ether oxygens (including phenoxy) is 1. The number of hydrogen-bond donors (Lipinski definition) is 1. The number of nitrogens with zero attached hydrogens (tertiary/aromatic N) is 1. The molecule has 2 heterocycles. The van der Waals surface area contributed by atoms with Crippen LogP contribution in [0.3, 0.4) is 0 Å². The molecule has 0 amide bonds. The van der Waals surface area contributed by atoms with E-state index in [4.69, 9.17) is 10.5 Å². The molecule has 2 saturated heterocycles. The lowest BCUT2D eigenvalue weighted by atomic mass is 10.1. The van der Waals surface area contributed by atoms with E-state index in [1.165, 1.54) is 38.6 Å². The quantitative estimate of drug-likeness (QED) is 0.732. The second-order valence-corrected chi connectivity index (χ2v) is 4.48. The van der Waals surface area contributed by atoms with Gasteiger partial charge in [-0.2, -0.15) is 0 Å². The highest BCUT2D eigenvalue weighted by molar-refractivity contribution is 4.86. The molecular formula is C11H22N2O. The van der Waals surface area contributed by atoms with E-state index in [0.717, 1.165) is 25.8 Å². The SMILES string of the molecule is NCCCC1CCCN1C1CCOC1. The fourth-order valence-electron chi connectivity index (χ4n) is 2.79. The molecule has 2 aliphatic heterocycles. The zero-order chi connectivity index (χ0) is 9.80. The van der Waals surface area contributed by atoms with Gasteiger partial charge in [-0.25, -0.2) is 0 Å². The van der Waals surface area contributed by atoms with Gasteiger partial charge in [-0.05, 0) is 45.2 Å². The molecule has 2 rings (SSSR count). The lowest BCUT2D eigenvalue weighted by Crippen LogP contribution is -2.39. The maximum atomic E-state index is 5.56. The van der Waals surface area contributed by atoms with Gasteiger partial charge in [0.1, 0.15) is 0 Å². The first kappa shape index (κ1) is 10.4. The molecule has 0 bridgehead atoms. The molecule has 0 aliphatic carbocycles. The van der Waals surface area contributed by atoms with E-state index < -0.39 is 0 Å². The lowest BCUT2D eigenvalue weighted by Gasteiger charge is -2.29. The standard InChI is InChI=1S/C11H22N2O/c12-6-1-3-10-4-2-7-13(10)11-5-8-14-9-11/h10-11H,1-9,12H2. The highest BCUT2D eigenvalue weighted by atomic mass is 16.5. The van der Waals surface area contributed by atoms with E-state index in [9.17, 15) is 0 Å². The van der Waals surface area contributed by atoms with Crippen molar-refractivity contribution in [2.75, 3.05) is 26.3 Å². The van der Waals surface area contributed by atoms with Crippen LogP contribution in [-0.2, 0) is 4.74 Å². The van der Waals surface area contributed by atoms with Crippen LogP contribution in [0, 0.1) is 0 Å². The van der Waals surface area contributed by atoms with Gasteiger partial charge >= 0.3 is 0 Å². The maximum absolute atomic E-state index is 5.56. The van der Waals surface area contributed by atoms with Crippen molar-refractivity contribution in [3.05, 3.63) is 0 Å². The van der Waals surface area contributed by atoms with Gasteiger partial charge in [-0.15, -0.1) is 0 Å². The Bertz CT molecular complexity index is 169. The smallest absolute Gasteiger partial charge is 0.0622 e. The fourth-order valence-corrected chi connectivity index (χ4v) is 2.79. The molecule has 2 aliphatic rings. The summed E-state index contributed by atoms with van der Waals surface area (Å²) in [5, 5.41) is 0. The summed E-state index contributed by atoms with van der Waals surface area (Å²) < 4.78 is 5.46. The van der Waals surface area contributed by atoms with Crippen molar-refractivity contribution in [3.8, 4) is 0 Å². The van der Waals surface area contributed by atoms with Gasteiger partial charge in [0.25, 0.3) is 0 Å². The van der Waals surface area contributed by atoms with Crippen LogP contribution in [0.2, 0.25) is 0 Å². The molecule has 0 spiro atoms. The molecule has 0 aromatic heterocycles. The normalized spacial score (nSPS) is 34.1. The third-order valence-electron chi connectivity index (χ3n) is 3.54. The summed E-state index contributed by atoms with van der Waals surface area (Å²) in [4.78, 5) is 2.67. The van der Waals surface area contributed by atoms with Crippen LogP contribution in [0.4, 0.5) is 0 Å². The van der Waals surface area contributed by atoms with Gasteiger partial charge in [0.15, 0.2) is 0 Å². The van der Waals surface area contributed by atoms with Crippen molar-refractivity contribution in [1.82, 2.24) is 4.90 Å². The molecule has 3 heteroatoms. The number of rotatable bonds is 4. The van der Waals surface area contributed by atoms with Gasteiger partial charge in [-0.1, -0.05) is 0 Å². The molecule has 3 nitrogen and oxygen atoms in total. The molecule has 2 N–H and O–H groups in total. The van der Waals surface area contributed by atoms with Gasteiger partial charge < -0.3 is 10.5 Å². The van der Waals surface area contributed by atoms with E-state index in [0.29, 0.717) is 6.04 Å². The third-order valence-corrected chi connectivity index (χ3v) is 3.54. The topological polar surface area (TPSA) is 38.5 Å². The van der Waals surface area contributed by atoms with Crippen molar-refractivity contribution in [3.63, 3.8) is 0 Å². The van der Waals surface area contributed by atoms with E-state index in [1.807, 2.05) is 0 Å². The Morgan fingerprint density at radius 1 is 1.36 bits per heavy atom. The highest BCUT2D eigenvalue weighted by Gasteiger charge is 2.32. The summed E-state index contributed by atoms with van der Waals surface area (Å²) in [6, 6.07) is 1.51. The second-order valence-electron chi connectivity index (χ2n) is 4.48. The van der Waals surface area contributed by atoms with Crippen LogP contribution in [0.25, 0.3) is 0 Å². The summed E-state index contributed by atoms with van der Waals surface area (Å²) in [7, 11) is 0. The van der Waals surface area contributed by atoms with E-state index in [1.54, 1.807) is 0 Å². The molecular weight excluding hydrogens is 176 g/mol. The molecule has 2 unspecified atom stereocenters. The Balaban J connectivity index is 1.82. The van der Waals surface area contributed by atoms with Crippen molar-refractivity contribution in [2.45, 2.75) is 44.2 Å². The van der Waals surface area contributed by atoms with Gasteiger partial charge in [0.2, 0.25) is 0 Å². The number of nitrogens with two attached hydrogens (primary N) is 1. The molecule has 0 radical (unpaired) electrons. The number of likely N-dealkylation sites (tertiary alicyclic amines) is 1. The Morgan fingerprint density at radius 2 is 2.29 bits per heavy atom. The minimum absolute atomic E-state index is 0.709. The largest absolute Gasteiger partial charge is 0.380 e. The zero-order valence-electron chi connectivity index (χ0n) is 8.95. The molecule has 0 aromatic carbocycles. The summed E-state index contributed by atoms with van der Waals surface area (Å²) in [6.45, 7) is 4.04. The van der Waals surface area contributed by atoms with Crippen molar-refractivity contribution >= 4 is 0 Å². The molecule has 14 heavy (non-hydrogen) atoms. The Kier molecular flexibility index (Phi) is 3.79. The Hall–Kier alpha value is -0.120. The molecule has 0 aromatic rings. The van der Waals surface area contributed by atoms with E-state index >= 15 is 0 Å². The van der Waals surface area contributed by atoms with E-state index in [-0.39, 0.29) is 0 Å². The van der Waals surface area contributed by atoms with Crippen LogP contribution < -0.4 is 5.73 Å². The van der Waals surface area contributed by atoms with Crippen LogP contribution >= 0.6 is 0 Å². The molecule has 0 saturated carbocycles. The van der Waals surface area contributed by atoms with Crippen molar-refractivity contribution in [1.29, 1.82) is 0 Å². The maximum Gasteiger partial charge on any atom is 0.0622 e. The van der Waals surface area contributed by atoms with Gasteiger partial charge in [-0.3, -0.25) is 4.90 Å². The van der Waals surface area contributed by atoms with Crippen LogP contribution in [-0.4, -0.2) is 43.3 Å². The summed E-state index contributed by atoms with van der Waals surface area (Å²) in [6.07, 6.45) is 6.43. The summed E-state index contributed by atoms with van der Waals surface area (Å²) >= 11 is 0. The summed E-state index contributed by atoms with van der Waals surface area (Å²) in [5.41, 5.74) is 5.56. The minimum Gasteiger partial charge on any atom is -0.380 e. The fraction of sp³-hybridized carbons (Fsp3) is 1.00. The monoisotopic (exact) mass is 198 g/mol. The van der Waals surface area contributed by atoms with Crippen molar-refractivity contribution < 1.29 is 4.74 Å². The highest BCUT2D eigenvalue weighted by Crippen LogP contribution is 2.26. The molecule has 2 atom stereocenters. The Labute approximate surface area is 86.6 Å². The average molecular weight is 198 g/mol. The first-order valence-corrected chi connectivity index (χ1v) is 5.95. The summed E-state index contributed by atoms with van der Waals surface area (Å²) in [5.74, 6) is 0. The molecule has 82 valence electrons. The first-order valence-electron chi connectivity index (χ1n) is 5.95. The van der Waals surface area contributed by atoms with Gasteiger partial charge in [0.05, 0.1) is 6.61 Å². The van der Waals surface area contributed by atoms with Crippen molar-refractivity contribution in [2.24, 2.45) is 5.73 Å². The number of hydrogen-bond acceptors (Lipinski definition) is 3. The van der Waals surface area contributed by atoms with E-state index in [2.05, 4.69) is 4.90 Å². The lowest BCUT2D eigenvalue weighted by molar-refractivity contribution is 0.131. The van der Waals surface area contributed by atoms with Crippen LogP contribution in [0.5, 0.6) is 0 Å². The van der Waals surface area contributed by atoms with Crippen LogP contribution in [0.15, 0.2) is 0 Å². The predicted molar refractivity (Wildman–Crippen MR) is 57.2 cm³/mol. The zero-order valence-corrected chi connectivity index (χ0v) is 8.95. The van der Waals surface area contributed by atoms with Gasteiger partial charge in [0, 0.05) is 18.7 Å². The average Bonchev–Trinajstić information content (AvgIpc) is 2.84. The second kappa shape index (κ2) is 5.10. The third kappa shape index (κ3) is 2.27. The van der Waals surface area contributed by atoms with Crippen LogP contribution in [0.1, 0.15) is 32.1 Å². The minimum atomic E-state index is 0.709.